The lowest BCUT2D eigenvalue weighted by Crippen LogP contribution is -2.48. The van der Waals surface area contributed by atoms with Crippen LogP contribution < -0.4 is 5.32 Å². The van der Waals surface area contributed by atoms with Crippen molar-refractivity contribution in [2.24, 2.45) is 0 Å². The minimum Gasteiger partial charge on any atom is -0.461 e. The van der Waals surface area contributed by atoms with Crippen LogP contribution in [0.4, 0.5) is 0 Å². The number of nitrogens with zero attached hydrogens (tertiary/aromatic N) is 1. The van der Waals surface area contributed by atoms with Crippen LogP contribution in [-0.2, 0) is 9.53 Å². The molecule has 8 heavy (non-hydrogen) atoms. The molecule has 0 radical (unpaired) electrons. The molecule has 1 unspecified atom stereocenters. The summed E-state index contributed by atoms with van der Waals surface area (Å²) in [4.78, 5) is 10.2. The Labute approximate surface area is 46.0 Å². The third-order valence-electron chi connectivity index (χ3n) is 0.916. The van der Waals surface area contributed by atoms with Gasteiger partial charge < -0.3 is 10.1 Å². The maximum atomic E-state index is 10.2. The average molecular weight is 112 g/mol. The monoisotopic (exact) mass is 112 g/mol. The first-order valence-corrected chi connectivity index (χ1v) is 2.16. The molecule has 1 saturated heterocycles. The minimum absolute atomic E-state index is 0.326. The van der Waals surface area contributed by atoms with E-state index < -0.39 is 0 Å². The van der Waals surface area contributed by atoms with Crippen LogP contribution in [0.3, 0.4) is 0 Å². The van der Waals surface area contributed by atoms with E-state index in [0.29, 0.717) is 6.61 Å². The van der Waals surface area contributed by atoms with Crippen LogP contribution in [0, 0.1) is 11.5 Å². The van der Waals surface area contributed by atoms with Gasteiger partial charge in [-0.1, -0.05) is 0 Å². The molecule has 0 aliphatic carbocycles. The second-order valence-corrected chi connectivity index (χ2v) is 1.44. The second kappa shape index (κ2) is 1.70. The van der Waals surface area contributed by atoms with Crippen LogP contribution in [0.2, 0.25) is 0 Å². The number of carbonyl (C=O) groups is 1. The Balaban J connectivity index is 2.30. The van der Waals surface area contributed by atoms with Crippen molar-refractivity contribution in [2.45, 2.75) is 6.04 Å². The molecule has 1 fully saturated rings. The van der Waals surface area contributed by atoms with Crippen molar-refractivity contribution in [1.82, 2.24) is 5.32 Å². The van der Waals surface area contributed by atoms with Gasteiger partial charge in [-0.2, -0.15) is 5.26 Å². The first-order valence-electron chi connectivity index (χ1n) is 2.16. The van der Waals surface area contributed by atoms with Crippen LogP contribution >= 0.6 is 0 Å². The fourth-order valence-corrected chi connectivity index (χ4v) is 0.413. The highest BCUT2D eigenvalue weighted by Crippen LogP contribution is 2.00. The molecule has 0 amide bonds. The number of carbonyl (C=O) groups excluding carboxylic acids is 1. The number of rotatable bonds is 1. The summed E-state index contributed by atoms with van der Waals surface area (Å²) in [5, 5.41) is 10.2. The molecule has 0 aromatic heterocycles. The summed E-state index contributed by atoms with van der Waals surface area (Å²) in [6.45, 7) is 0.326. The molecule has 0 bridgehead atoms. The molecular weight excluding hydrogens is 108 g/mol. The molecule has 0 aromatic rings. The third kappa shape index (κ3) is 0.581. The summed E-state index contributed by atoms with van der Waals surface area (Å²) in [6, 6.07) is -0.375. The van der Waals surface area contributed by atoms with Crippen LogP contribution in [0.15, 0.2) is 0 Å². The summed E-state index contributed by atoms with van der Waals surface area (Å²) in [6.07, 6.45) is 1.65. The number of nitrogens with one attached hydrogen (secondary N) is 1. The molecule has 42 valence electrons. The molecule has 4 heteroatoms. The second-order valence-electron chi connectivity index (χ2n) is 1.44. The van der Waals surface area contributed by atoms with Crippen LogP contribution in [0.1, 0.15) is 0 Å². The molecule has 4 nitrogen and oxygen atoms in total. The first kappa shape index (κ1) is 4.91. The van der Waals surface area contributed by atoms with Crippen molar-refractivity contribution in [3.8, 4) is 6.19 Å². The fraction of sp³-hybridized carbons (Fsp3) is 0.500. The normalized spacial score (nSPS) is 24.9. The predicted molar refractivity (Wildman–Crippen MR) is 23.5 cm³/mol. The zero-order valence-electron chi connectivity index (χ0n) is 4.05. The van der Waals surface area contributed by atoms with E-state index in [4.69, 9.17) is 5.26 Å². The number of hydrogen-bond donors (Lipinski definition) is 1. The molecule has 0 saturated carbocycles. The van der Waals surface area contributed by atoms with Gasteiger partial charge in [0.25, 0.3) is 0 Å². The number of nitriles is 1. The topological polar surface area (TPSA) is 62.1 Å². The van der Waals surface area contributed by atoms with Gasteiger partial charge in [-0.3, -0.25) is 0 Å². The largest absolute Gasteiger partial charge is 0.461 e. The van der Waals surface area contributed by atoms with Gasteiger partial charge in [0.15, 0.2) is 12.2 Å². The zero-order valence-corrected chi connectivity index (χ0v) is 4.05. The Bertz CT molecular complexity index is 149. The van der Waals surface area contributed by atoms with Crippen molar-refractivity contribution >= 4 is 5.97 Å². The van der Waals surface area contributed by atoms with E-state index >= 15 is 0 Å². The highest BCUT2D eigenvalue weighted by Gasteiger charge is 2.29. The minimum atomic E-state index is -0.375. The standard InChI is InChI=1S/C4H4N2O2/c5-2-6-3-1-8-4(3)7/h3,6H,1H2. The van der Waals surface area contributed by atoms with Gasteiger partial charge in [-0.05, 0) is 0 Å². The maximum Gasteiger partial charge on any atom is 0.332 e. The molecule has 1 heterocycles. The Morgan fingerprint density at radius 1 is 2.00 bits per heavy atom. The van der Waals surface area contributed by atoms with E-state index in [1.165, 1.54) is 0 Å². The Morgan fingerprint density at radius 3 is 2.88 bits per heavy atom. The van der Waals surface area contributed by atoms with Gasteiger partial charge >= 0.3 is 5.97 Å². The molecule has 1 aliphatic rings. The number of ether oxygens (including phenoxy) is 1. The number of hydrogen-bond acceptors (Lipinski definition) is 4. The van der Waals surface area contributed by atoms with Crippen molar-refractivity contribution in [2.75, 3.05) is 6.61 Å². The fourth-order valence-electron chi connectivity index (χ4n) is 0.413. The van der Waals surface area contributed by atoms with Gasteiger partial charge in [0.2, 0.25) is 0 Å². The van der Waals surface area contributed by atoms with Crippen molar-refractivity contribution < 1.29 is 9.53 Å². The van der Waals surface area contributed by atoms with Crippen molar-refractivity contribution in [3.05, 3.63) is 0 Å². The third-order valence-corrected chi connectivity index (χ3v) is 0.916. The maximum absolute atomic E-state index is 10.2. The smallest absolute Gasteiger partial charge is 0.332 e. The molecule has 1 atom stereocenters. The molecule has 1 aliphatic heterocycles. The van der Waals surface area contributed by atoms with Gasteiger partial charge in [-0.25, -0.2) is 4.79 Å². The summed E-state index contributed by atoms with van der Waals surface area (Å²) in [5.74, 6) is -0.341. The highest BCUT2D eigenvalue weighted by molar-refractivity contribution is 5.80. The van der Waals surface area contributed by atoms with E-state index in [1.54, 1.807) is 6.19 Å². The van der Waals surface area contributed by atoms with E-state index in [-0.39, 0.29) is 12.0 Å². The summed E-state index contributed by atoms with van der Waals surface area (Å²) >= 11 is 0. The van der Waals surface area contributed by atoms with Gasteiger partial charge in [0.1, 0.15) is 6.61 Å². The summed E-state index contributed by atoms with van der Waals surface area (Å²) < 4.78 is 4.34. The number of esters is 1. The van der Waals surface area contributed by atoms with Crippen LogP contribution in [0.5, 0.6) is 0 Å². The first-order chi connectivity index (χ1) is 3.84. The van der Waals surface area contributed by atoms with Crippen LogP contribution in [0.25, 0.3) is 0 Å². The van der Waals surface area contributed by atoms with Crippen molar-refractivity contribution in [3.63, 3.8) is 0 Å². The molecule has 1 N–H and O–H groups in total. The lowest BCUT2D eigenvalue weighted by Gasteiger charge is -2.21. The van der Waals surface area contributed by atoms with E-state index in [1.807, 2.05) is 0 Å². The molecule has 0 spiro atoms. The molecular formula is C4H4N2O2. The van der Waals surface area contributed by atoms with Crippen molar-refractivity contribution in [1.29, 1.82) is 5.26 Å². The lowest BCUT2D eigenvalue weighted by atomic mass is 10.2. The SMILES string of the molecule is N#CNC1COC1=O. The summed E-state index contributed by atoms with van der Waals surface area (Å²) in [7, 11) is 0. The Hall–Kier alpha value is -1.24. The predicted octanol–water partition coefficient (Wildman–Crippen LogP) is -1.02. The van der Waals surface area contributed by atoms with E-state index in [2.05, 4.69) is 10.1 Å². The average Bonchev–Trinajstić information content (AvgIpc) is 1.79. The number of cyclic esters (lactones) is 1. The highest BCUT2D eigenvalue weighted by atomic mass is 16.6. The quantitative estimate of drug-likeness (QED) is 0.268. The van der Waals surface area contributed by atoms with Gasteiger partial charge in [0.05, 0.1) is 0 Å². The summed E-state index contributed by atoms with van der Waals surface area (Å²) in [5.41, 5.74) is 0. The van der Waals surface area contributed by atoms with E-state index in [0.717, 1.165) is 0 Å². The van der Waals surface area contributed by atoms with Gasteiger partial charge in [-0.15, -0.1) is 0 Å². The lowest BCUT2D eigenvalue weighted by molar-refractivity contribution is -0.162. The zero-order chi connectivity index (χ0) is 5.98. The Morgan fingerprint density at radius 2 is 2.75 bits per heavy atom. The molecule has 1 rings (SSSR count). The van der Waals surface area contributed by atoms with E-state index in [9.17, 15) is 4.79 Å². The van der Waals surface area contributed by atoms with Crippen LogP contribution in [-0.4, -0.2) is 18.6 Å². The molecule has 0 aromatic carbocycles. The van der Waals surface area contributed by atoms with Gasteiger partial charge in [0, 0.05) is 0 Å². The Kier molecular flexibility index (Phi) is 1.04.